The van der Waals surface area contributed by atoms with Crippen molar-refractivity contribution in [3.63, 3.8) is 0 Å². The van der Waals surface area contributed by atoms with Gasteiger partial charge in [-0.2, -0.15) is 4.31 Å². The van der Waals surface area contributed by atoms with E-state index in [0.29, 0.717) is 12.3 Å². The van der Waals surface area contributed by atoms with E-state index in [0.717, 1.165) is 5.69 Å². The first-order valence-corrected chi connectivity index (χ1v) is 9.17. The SMILES string of the molecule is Cc1cc(CN(C)[C@H]2CN(S(=O)(=O)c3ccccc3)C[C@@H]2O)on1. The summed E-state index contributed by atoms with van der Waals surface area (Å²) in [5, 5.41) is 14.2. The van der Waals surface area contributed by atoms with Gasteiger partial charge in [0, 0.05) is 19.2 Å². The molecule has 1 fully saturated rings. The molecule has 0 bridgehead atoms. The molecule has 0 unspecified atom stereocenters. The molecule has 0 spiro atoms. The van der Waals surface area contributed by atoms with Gasteiger partial charge in [-0.1, -0.05) is 23.4 Å². The number of sulfonamides is 1. The smallest absolute Gasteiger partial charge is 0.243 e. The highest BCUT2D eigenvalue weighted by Gasteiger charge is 2.40. The molecule has 8 heteroatoms. The Morgan fingerprint density at radius 2 is 2.04 bits per heavy atom. The zero-order valence-corrected chi connectivity index (χ0v) is 14.5. The quantitative estimate of drug-likeness (QED) is 0.859. The third-order valence-electron chi connectivity index (χ3n) is 4.25. The molecule has 2 atom stereocenters. The lowest BCUT2D eigenvalue weighted by molar-refractivity contribution is 0.0899. The van der Waals surface area contributed by atoms with E-state index in [1.165, 1.54) is 4.31 Å². The van der Waals surface area contributed by atoms with Gasteiger partial charge in [-0.3, -0.25) is 4.90 Å². The maximum atomic E-state index is 12.7. The van der Waals surface area contributed by atoms with Crippen LogP contribution in [0.3, 0.4) is 0 Å². The van der Waals surface area contributed by atoms with Gasteiger partial charge >= 0.3 is 0 Å². The zero-order valence-electron chi connectivity index (χ0n) is 13.7. The summed E-state index contributed by atoms with van der Waals surface area (Å²) in [5.41, 5.74) is 0.790. The predicted molar refractivity (Wildman–Crippen MR) is 87.7 cm³/mol. The monoisotopic (exact) mass is 351 g/mol. The number of benzene rings is 1. The normalized spacial score (nSPS) is 22.3. The van der Waals surface area contributed by atoms with Gasteiger partial charge in [-0.25, -0.2) is 8.42 Å². The van der Waals surface area contributed by atoms with E-state index in [4.69, 9.17) is 4.52 Å². The molecule has 1 saturated heterocycles. The number of β-amino-alcohol motifs (C(OH)–C–C–N with tert-alkyl or cyclic N) is 1. The summed E-state index contributed by atoms with van der Waals surface area (Å²) in [5.74, 6) is 0.687. The highest BCUT2D eigenvalue weighted by atomic mass is 32.2. The van der Waals surface area contributed by atoms with Gasteiger partial charge in [0.1, 0.15) is 0 Å². The largest absolute Gasteiger partial charge is 0.390 e. The Morgan fingerprint density at radius 3 is 2.67 bits per heavy atom. The first kappa shape index (κ1) is 17.1. The van der Waals surface area contributed by atoms with E-state index >= 15 is 0 Å². The molecule has 0 aliphatic carbocycles. The molecule has 2 aromatic rings. The third kappa shape index (κ3) is 3.36. The van der Waals surface area contributed by atoms with Crippen molar-refractivity contribution >= 4 is 10.0 Å². The van der Waals surface area contributed by atoms with E-state index in [1.54, 1.807) is 30.3 Å². The summed E-state index contributed by atoms with van der Waals surface area (Å²) in [6.07, 6.45) is -0.752. The van der Waals surface area contributed by atoms with E-state index in [9.17, 15) is 13.5 Å². The van der Waals surface area contributed by atoms with E-state index in [1.807, 2.05) is 24.9 Å². The van der Waals surface area contributed by atoms with Gasteiger partial charge in [0.05, 0.1) is 29.3 Å². The second-order valence-electron chi connectivity index (χ2n) is 6.12. The molecular formula is C16H21N3O4S. The van der Waals surface area contributed by atoms with Crippen molar-refractivity contribution < 1.29 is 18.0 Å². The van der Waals surface area contributed by atoms with Crippen LogP contribution in [0.4, 0.5) is 0 Å². The summed E-state index contributed by atoms with van der Waals surface area (Å²) in [6, 6.07) is 9.81. The van der Waals surface area contributed by atoms with E-state index in [-0.39, 0.29) is 24.0 Å². The fraction of sp³-hybridized carbons (Fsp3) is 0.438. The van der Waals surface area contributed by atoms with Crippen LogP contribution in [0.5, 0.6) is 0 Å². The lowest BCUT2D eigenvalue weighted by Gasteiger charge is -2.25. The molecule has 7 nitrogen and oxygen atoms in total. The first-order chi connectivity index (χ1) is 11.4. The number of hydrogen-bond acceptors (Lipinski definition) is 6. The molecule has 0 amide bonds. The van der Waals surface area contributed by atoms with Crippen LogP contribution < -0.4 is 0 Å². The van der Waals surface area contributed by atoms with E-state index < -0.39 is 16.1 Å². The molecule has 0 radical (unpaired) electrons. The number of aryl methyl sites for hydroxylation is 1. The third-order valence-corrected chi connectivity index (χ3v) is 6.10. The number of aromatic nitrogens is 1. The number of rotatable bonds is 5. The van der Waals surface area contributed by atoms with Gasteiger partial charge in [-0.15, -0.1) is 0 Å². The first-order valence-electron chi connectivity index (χ1n) is 7.73. The average molecular weight is 351 g/mol. The van der Waals surface area contributed by atoms with Gasteiger partial charge < -0.3 is 9.63 Å². The topological polar surface area (TPSA) is 86.9 Å². The van der Waals surface area contributed by atoms with Crippen LogP contribution in [-0.4, -0.2) is 60.2 Å². The number of aliphatic hydroxyl groups excluding tert-OH is 1. The number of aliphatic hydroxyl groups is 1. The van der Waals surface area contributed by atoms with Crippen molar-refractivity contribution in [2.75, 3.05) is 20.1 Å². The molecule has 24 heavy (non-hydrogen) atoms. The maximum absolute atomic E-state index is 12.7. The molecule has 2 heterocycles. The Balaban J connectivity index is 1.72. The van der Waals surface area contributed by atoms with Crippen molar-refractivity contribution in [2.24, 2.45) is 0 Å². The molecule has 1 aliphatic heterocycles. The summed E-state index contributed by atoms with van der Waals surface area (Å²) in [7, 11) is -1.76. The summed E-state index contributed by atoms with van der Waals surface area (Å²) in [6.45, 7) is 2.62. The summed E-state index contributed by atoms with van der Waals surface area (Å²) < 4.78 is 31.9. The van der Waals surface area contributed by atoms with Crippen molar-refractivity contribution in [3.8, 4) is 0 Å². The fourth-order valence-electron chi connectivity index (χ4n) is 2.96. The van der Waals surface area contributed by atoms with E-state index in [2.05, 4.69) is 5.16 Å². The van der Waals surface area contributed by atoms with Gasteiger partial charge in [0.2, 0.25) is 10.0 Å². The highest BCUT2D eigenvalue weighted by Crippen LogP contribution is 2.24. The van der Waals surface area contributed by atoms with Gasteiger partial charge in [-0.05, 0) is 26.1 Å². The van der Waals surface area contributed by atoms with Crippen LogP contribution in [-0.2, 0) is 16.6 Å². The van der Waals surface area contributed by atoms with Crippen molar-refractivity contribution in [2.45, 2.75) is 30.5 Å². The zero-order chi connectivity index (χ0) is 17.3. The lowest BCUT2D eigenvalue weighted by Crippen LogP contribution is -2.40. The minimum atomic E-state index is -3.60. The molecule has 130 valence electrons. The fourth-order valence-corrected chi connectivity index (χ4v) is 4.46. The lowest BCUT2D eigenvalue weighted by atomic mass is 10.2. The van der Waals surface area contributed by atoms with Gasteiger partial charge in [0.25, 0.3) is 0 Å². The Hall–Kier alpha value is -1.74. The Kier molecular flexibility index (Phi) is 4.73. The molecule has 1 aromatic carbocycles. The van der Waals surface area contributed by atoms with Crippen LogP contribution in [0, 0.1) is 6.92 Å². The summed E-state index contributed by atoms with van der Waals surface area (Å²) >= 11 is 0. The van der Waals surface area contributed by atoms with Crippen molar-refractivity contribution in [1.29, 1.82) is 0 Å². The highest BCUT2D eigenvalue weighted by molar-refractivity contribution is 7.89. The van der Waals surface area contributed by atoms with Crippen LogP contribution in [0.25, 0.3) is 0 Å². The molecule has 3 rings (SSSR count). The van der Waals surface area contributed by atoms with Crippen LogP contribution in [0.2, 0.25) is 0 Å². The maximum Gasteiger partial charge on any atom is 0.243 e. The molecule has 1 aliphatic rings. The average Bonchev–Trinajstić information content (AvgIpc) is 3.14. The minimum Gasteiger partial charge on any atom is -0.390 e. The number of likely N-dealkylation sites (N-methyl/N-ethyl adjacent to an activating group) is 1. The molecule has 1 aromatic heterocycles. The Labute approximate surface area is 141 Å². The molecule has 0 saturated carbocycles. The Bertz CT molecular complexity index is 791. The summed E-state index contributed by atoms with van der Waals surface area (Å²) in [4.78, 5) is 2.14. The van der Waals surface area contributed by atoms with Crippen LogP contribution >= 0.6 is 0 Å². The van der Waals surface area contributed by atoms with Crippen LogP contribution in [0.1, 0.15) is 11.5 Å². The minimum absolute atomic E-state index is 0.0850. The van der Waals surface area contributed by atoms with Gasteiger partial charge in [0.15, 0.2) is 5.76 Å². The van der Waals surface area contributed by atoms with Crippen molar-refractivity contribution in [1.82, 2.24) is 14.4 Å². The van der Waals surface area contributed by atoms with Crippen molar-refractivity contribution in [3.05, 3.63) is 47.9 Å². The Morgan fingerprint density at radius 1 is 1.33 bits per heavy atom. The number of nitrogens with zero attached hydrogens (tertiary/aromatic N) is 3. The predicted octanol–water partition coefficient (Wildman–Crippen LogP) is 0.849. The molecular weight excluding hydrogens is 330 g/mol. The molecule has 1 N–H and O–H groups in total. The standard InChI is InChI=1S/C16H21N3O4S/c1-12-8-13(23-17-12)9-18(2)15-10-19(11-16(15)20)24(21,22)14-6-4-3-5-7-14/h3-8,15-16,20H,9-11H2,1-2H3/t15-,16-/m0/s1. The van der Waals surface area contributed by atoms with Crippen LogP contribution in [0.15, 0.2) is 45.8 Å². The second-order valence-corrected chi connectivity index (χ2v) is 8.06. The number of hydrogen-bond donors (Lipinski definition) is 1. The second kappa shape index (κ2) is 6.64.